The lowest BCUT2D eigenvalue weighted by Gasteiger charge is -2.15. The van der Waals surface area contributed by atoms with E-state index in [2.05, 4.69) is 16.7 Å². The third-order valence-corrected chi connectivity index (χ3v) is 4.47. The topological polar surface area (TPSA) is 58.2 Å². The van der Waals surface area contributed by atoms with E-state index in [1.807, 2.05) is 12.1 Å². The van der Waals surface area contributed by atoms with Gasteiger partial charge in [0.05, 0.1) is 0 Å². The summed E-state index contributed by atoms with van der Waals surface area (Å²) in [5.74, 6) is -0.543. The summed E-state index contributed by atoms with van der Waals surface area (Å²) in [6.07, 6.45) is 3.33. The minimum absolute atomic E-state index is 0.240. The SMILES string of the molecule is CC(NC(=O)c1ccc(Cl)cc1)C(=O)Nc1ccc2c(c1)CCC2. The average molecular weight is 343 g/mol. The molecule has 24 heavy (non-hydrogen) atoms. The number of benzene rings is 2. The number of fused-ring (bicyclic) bond motifs is 1. The number of hydrogen-bond acceptors (Lipinski definition) is 2. The highest BCUT2D eigenvalue weighted by Crippen LogP contribution is 2.24. The summed E-state index contributed by atoms with van der Waals surface area (Å²) in [6.45, 7) is 1.66. The van der Waals surface area contributed by atoms with Crippen LogP contribution in [-0.2, 0) is 17.6 Å². The summed E-state index contributed by atoms with van der Waals surface area (Å²) in [7, 11) is 0. The lowest BCUT2D eigenvalue weighted by atomic mass is 10.1. The largest absolute Gasteiger partial charge is 0.341 e. The zero-order chi connectivity index (χ0) is 17.1. The smallest absolute Gasteiger partial charge is 0.251 e. The summed E-state index contributed by atoms with van der Waals surface area (Å²) in [6, 6.07) is 11.9. The Labute approximate surface area is 146 Å². The standard InChI is InChI=1S/C19H19ClN2O2/c1-12(21-19(24)14-5-8-16(20)9-6-14)18(23)22-17-10-7-13-3-2-4-15(13)11-17/h5-12H,2-4H2,1H3,(H,21,24)(H,22,23). The fourth-order valence-corrected chi connectivity index (χ4v) is 2.97. The van der Waals surface area contributed by atoms with E-state index in [1.54, 1.807) is 31.2 Å². The van der Waals surface area contributed by atoms with Crippen molar-refractivity contribution < 1.29 is 9.59 Å². The highest BCUT2D eigenvalue weighted by atomic mass is 35.5. The number of rotatable bonds is 4. The van der Waals surface area contributed by atoms with Gasteiger partial charge in [-0.25, -0.2) is 0 Å². The van der Waals surface area contributed by atoms with E-state index in [0.29, 0.717) is 10.6 Å². The molecule has 0 bridgehead atoms. The third kappa shape index (κ3) is 3.77. The van der Waals surface area contributed by atoms with Crippen molar-refractivity contribution in [3.05, 3.63) is 64.2 Å². The molecular weight excluding hydrogens is 324 g/mol. The maximum Gasteiger partial charge on any atom is 0.251 e. The predicted molar refractivity (Wildman–Crippen MR) is 95.5 cm³/mol. The maximum absolute atomic E-state index is 12.3. The maximum atomic E-state index is 12.3. The third-order valence-electron chi connectivity index (χ3n) is 4.21. The number of aryl methyl sites for hydroxylation is 2. The van der Waals surface area contributed by atoms with Crippen LogP contribution in [0.4, 0.5) is 5.69 Å². The molecule has 0 fully saturated rings. The van der Waals surface area contributed by atoms with Crippen molar-refractivity contribution >= 4 is 29.1 Å². The van der Waals surface area contributed by atoms with Gasteiger partial charge in [0.15, 0.2) is 0 Å². The van der Waals surface area contributed by atoms with E-state index in [9.17, 15) is 9.59 Å². The Balaban J connectivity index is 1.60. The van der Waals surface area contributed by atoms with Gasteiger partial charge in [0.2, 0.25) is 5.91 Å². The number of anilines is 1. The number of hydrogen-bond donors (Lipinski definition) is 2. The molecule has 0 heterocycles. The van der Waals surface area contributed by atoms with Gasteiger partial charge in [0.25, 0.3) is 5.91 Å². The Morgan fingerprint density at radius 2 is 1.75 bits per heavy atom. The fourth-order valence-electron chi connectivity index (χ4n) is 2.85. The van der Waals surface area contributed by atoms with Gasteiger partial charge in [0.1, 0.15) is 6.04 Å². The van der Waals surface area contributed by atoms with Gasteiger partial charge in [-0.3, -0.25) is 9.59 Å². The number of amides is 2. The lowest BCUT2D eigenvalue weighted by molar-refractivity contribution is -0.117. The van der Waals surface area contributed by atoms with Crippen molar-refractivity contribution in [2.24, 2.45) is 0 Å². The van der Waals surface area contributed by atoms with Crippen LogP contribution >= 0.6 is 11.6 Å². The van der Waals surface area contributed by atoms with Crippen LogP contribution in [-0.4, -0.2) is 17.9 Å². The van der Waals surface area contributed by atoms with Crippen LogP contribution in [0.5, 0.6) is 0 Å². The van der Waals surface area contributed by atoms with Crippen molar-refractivity contribution in [3.63, 3.8) is 0 Å². The minimum atomic E-state index is -0.638. The van der Waals surface area contributed by atoms with Crippen molar-refractivity contribution in [3.8, 4) is 0 Å². The molecule has 0 spiro atoms. The minimum Gasteiger partial charge on any atom is -0.341 e. The summed E-state index contributed by atoms with van der Waals surface area (Å²) in [4.78, 5) is 24.4. The van der Waals surface area contributed by atoms with Gasteiger partial charge >= 0.3 is 0 Å². The lowest BCUT2D eigenvalue weighted by Crippen LogP contribution is -2.41. The van der Waals surface area contributed by atoms with E-state index in [1.165, 1.54) is 17.5 Å². The first-order valence-corrected chi connectivity index (χ1v) is 8.40. The Bertz CT molecular complexity index is 771. The van der Waals surface area contributed by atoms with Crippen LogP contribution in [0.1, 0.15) is 34.8 Å². The second-order valence-corrected chi connectivity index (χ2v) is 6.46. The van der Waals surface area contributed by atoms with Gasteiger partial charge in [-0.15, -0.1) is 0 Å². The molecule has 2 aromatic rings. The molecule has 0 saturated carbocycles. The zero-order valence-electron chi connectivity index (χ0n) is 13.4. The molecule has 1 aliphatic rings. The van der Waals surface area contributed by atoms with Crippen LogP contribution in [0.2, 0.25) is 5.02 Å². The van der Waals surface area contributed by atoms with Crippen molar-refractivity contribution in [2.45, 2.75) is 32.2 Å². The van der Waals surface area contributed by atoms with Gasteiger partial charge in [0, 0.05) is 16.3 Å². The molecule has 0 aliphatic heterocycles. The van der Waals surface area contributed by atoms with E-state index in [0.717, 1.165) is 18.5 Å². The van der Waals surface area contributed by atoms with E-state index < -0.39 is 6.04 Å². The first kappa shape index (κ1) is 16.5. The molecule has 1 unspecified atom stereocenters. The molecule has 1 aliphatic carbocycles. The molecule has 124 valence electrons. The molecular formula is C19H19ClN2O2. The number of halogens is 1. The molecule has 2 amide bonds. The molecule has 2 N–H and O–H groups in total. The first-order valence-electron chi connectivity index (χ1n) is 8.02. The van der Waals surface area contributed by atoms with Crippen LogP contribution in [0.25, 0.3) is 0 Å². The summed E-state index contributed by atoms with van der Waals surface area (Å²) in [5, 5.41) is 6.12. The second kappa shape index (κ2) is 7.05. The highest BCUT2D eigenvalue weighted by Gasteiger charge is 2.18. The Morgan fingerprint density at radius 1 is 1.04 bits per heavy atom. The van der Waals surface area contributed by atoms with E-state index >= 15 is 0 Å². The average Bonchev–Trinajstić information content (AvgIpc) is 3.03. The Hall–Kier alpha value is -2.33. The van der Waals surface area contributed by atoms with Crippen LogP contribution in [0.15, 0.2) is 42.5 Å². The quantitative estimate of drug-likeness (QED) is 0.892. The fraction of sp³-hybridized carbons (Fsp3) is 0.263. The summed E-state index contributed by atoms with van der Waals surface area (Å²) < 4.78 is 0. The van der Waals surface area contributed by atoms with Crippen molar-refractivity contribution in [2.75, 3.05) is 5.32 Å². The number of nitrogens with one attached hydrogen (secondary N) is 2. The van der Waals surface area contributed by atoms with Crippen LogP contribution < -0.4 is 10.6 Å². The summed E-state index contributed by atoms with van der Waals surface area (Å²) in [5.41, 5.74) is 3.90. The van der Waals surface area contributed by atoms with Crippen LogP contribution in [0, 0.1) is 0 Å². The first-order chi connectivity index (χ1) is 11.5. The normalized spacial score (nSPS) is 13.9. The molecule has 2 aromatic carbocycles. The molecule has 3 rings (SSSR count). The van der Waals surface area contributed by atoms with Crippen molar-refractivity contribution in [1.82, 2.24) is 5.32 Å². The molecule has 0 radical (unpaired) electrons. The number of carbonyl (C=O) groups excluding carboxylic acids is 2. The molecule has 5 heteroatoms. The predicted octanol–water partition coefficient (Wildman–Crippen LogP) is 3.59. The molecule has 0 saturated heterocycles. The molecule has 1 atom stereocenters. The van der Waals surface area contributed by atoms with Gasteiger partial charge < -0.3 is 10.6 Å². The second-order valence-electron chi connectivity index (χ2n) is 6.03. The number of carbonyl (C=O) groups is 2. The van der Waals surface area contributed by atoms with E-state index in [4.69, 9.17) is 11.6 Å². The molecule has 0 aromatic heterocycles. The monoisotopic (exact) mass is 342 g/mol. The zero-order valence-corrected chi connectivity index (χ0v) is 14.2. The Kier molecular flexibility index (Phi) is 4.86. The highest BCUT2D eigenvalue weighted by molar-refractivity contribution is 6.30. The van der Waals surface area contributed by atoms with Crippen molar-refractivity contribution in [1.29, 1.82) is 0 Å². The van der Waals surface area contributed by atoms with Crippen LogP contribution in [0.3, 0.4) is 0 Å². The van der Waals surface area contributed by atoms with Gasteiger partial charge in [-0.2, -0.15) is 0 Å². The van der Waals surface area contributed by atoms with Gasteiger partial charge in [-0.05, 0) is 73.7 Å². The van der Waals surface area contributed by atoms with E-state index in [-0.39, 0.29) is 11.8 Å². The van der Waals surface area contributed by atoms with Gasteiger partial charge in [-0.1, -0.05) is 17.7 Å². The molecule has 4 nitrogen and oxygen atoms in total. The Morgan fingerprint density at radius 3 is 2.50 bits per heavy atom. The summed E-state index contributed by atoms with van der Waals surface area (Å²) >= 11 is 5.81.